The number of piperidine rings is 1. The number of carbonyl (C=O) groups is 2. The molecule has 4 aromatic heterocycles. The first-order chi connectivity index (χ1) is 23.2. The lowest BCUT2D eigenvalue weighted by Gasteiger charge is -2.33. The van der Waals surface area contributed by atoms with Crippen molar-refractivity contribution >= 4 is 40.1 Å². The van der Waals surface area contributed by atoms with Crippen LogP contribution in [0.5, 0.6) is 0 Å². The number of benzene rings is 1. The molecule has 12 heteroatoms. The molecule has 1 fully saturated rings. The second-order valence-corrected chi connectivity index (χ2v) is 12.4. The molecule has 0 unspecified atom stereocenters. The van der Waals surface area contributed by atoms with E-state index >= 15 is 0 Å². The minimum atomic E-state index is -0.269. The van der Waals surface area contributed by atoms with E-state index in [1.54, 1.807) is 29.3 Å². The standard InChI is InChI=1S/C36H40N10O2/c1-23(2)36(48)45-16-13-26(14-17-45)32-18-31(34-35(37)39-22-41-46(32)34)25-7-9-28(10-8-25)43-33(47)12-11-30(27-19-40-44(4)21-27)24(3)42-29-6-5-15-38-20-29/h5-12,15,18-23,26,42H,13-14,16-17H2,1-4H3,(H,43,47)(H2,37,39,41)/b12-11+,30-24+. The van der Waals surface area contributed by atoms with Crippen LogP contribution in [0.3, 0.4) is 0 Å². The van der Waals surface area contributed by atoms with E-state index in [1.165, 1.54) is 12.4 Å². The summed E-state index contributed by atoms with van der Waals surface area (Å²) in [6, 6.07) is 13.6. The Kier molecular flexibility index (Phi) is 9.33. The fourth-order valence-corrected chi connectivity index (χ4v) is 6.16. The summed E-state index contributed by atoms with van der Waals surface area (Å²) in [5, 5.41) is 15.2. The Labute approximate surface area is 279 Å². The maximum atomic E-state index is 13.1. The largest absolute Gasteiger partial charge is 0.382 e. The molecule has 0 spiro atoms. The maximum absolute atomic E-state index is 13.1. The zero-order chi connectivity index (χ0) is 33.8. The molecule has 5 aromatic rings. The molecule has 0 aliphatic carbocycles. The van der Waals surface area contributed by atoms with Gasteiger partial charge in [-0.2, -0.15) is 10.2 Å². The van der Waals surface area contributed by atoms with E-state index in [9.17, 15) is 9.59 Å². The van der Waals surface area contributed by atoms with Gasteiger partial charge >= 0.3 is 0 Å². The smallest absolute Gasteiger partial charge is 0.248 e. The van der Waals surface area contributed by atoms with E-state index < -0.39 is 0 Å². The SMILES string of the molecule is C/C(Nc1cccnc1)=C(/C=C/C(=O)Nc1ccc(-c2cc(C3CCN(C(=O)C(C)C)CC3)n3ncnc(N)c23)cc1)c1cnn(C)c1. The minimum absolute atomic E-state index is 0.0101. The summed E-state index contributed by atoms with van der Waals surface area (Å²) in [6.45, 7) is 7.26. The Morgan fingerprint density at radius 1 is 1.00 bits per heavy atom. The second-order valence-electron chi connectivity index (χ2n) is 12.4. The molecule has 1 aliphatic heterocycles. The second kappa shape index (κ2) is 13.9. The van der Waals surface area contributed by atoms with Gasteiger partial charge in [-0.15, -0.1) is 0 Å². The summed E-state index contributed by atoms with van der Waals surface area (Å²) in [5.74, 6) is 0.545. The van der Waals surface area contributed by atoms with Crippen molar-refractivity contribution in [3.05, 3.63) is 103 Å². The number of carbonyl (C=O) groups excluding carboxylic acids is 2. The third kappa shape index (κ3) is 6.97. The molecule has 6 rings (SSSR count). The van der Waals surface area contributed by atoms with Gasteiger partial charge in [0.15, 0.2) is 5.82 Å². The molecule has 0 atom stereocenters. The Hall–Kier alpha value is -5.78. The highest BCUT2D eigenvalue weighted by Crippen LogP contribution is 2.37. The Bertz CT molecular complexity index is 1980. The van der Waals surface area contributed by atoms with Crippen molar-refractivity contribution in [2.45, 2.75) is 39.5 Å². The van der Waals surface area contributed by atoms with Crippen molar-refractivity contribution < 1.29 is 9.59 Å². The van der Waals surface area contributed by atoms with Gasteiger partial charge in [0.2, 0.25) is 11.8 Å². The summed E-state index contributed by atoms with van der Waals surface area (Å²) in [7, 11) is 1.85. The van der Waals surface area contributed by atoms with Gasteiger partial charge in [0.1, 0.15) is 11.8 Å². The Morgan fingerprint density at radius 2 is 1.77 bits per heavy atom. The highest BCUT2D eigenvalue weighted by Gasteiger charge is 2.28. The van der Waals surface area contributed by atoms with Gasteiger partial charge in [0.25, 0.3) is 0 Å². The van der Waals surface area contributed by atoms with E-state index in [1.807, 2.05) is 79.8 Å². The van der Waals surface area contributed by atoms with E-state index in [0.717, 1.165) is 57.7 Å². The summed E-state index contributed by atoms with van der Waals surface area (Å²) in [4.78, 5) is 36.0. The van der Waals surface area contributed by atoms with Crippen LogP contribution in [0.4, 0.5) is 17.2 Å². The quantitative estimate of drug-likeness (QED) is 0.141. The molecule has 1 aromatic carbocycles. The summed E-state index contributed by atoms with van der Waals surface area (Å²) in [5.41, 5.74) is 14.1. The molecule has 1 saturated heterocycles. The fraction of sp³-hybridized carbons (Fsp3) is 0.278. The van der Waals surface area contributed by atoms with Gasteiger partial charge in [0, 0.05) is 84.2 Å². The van der Waals surface area contributed by atoms with Gasteiger partial charge in [-0.25, -0.2) is 9.50 Å². The number of aryl methyl sites for hydroxylation is 1. The van der Waals surface area contributed by atoms with Crippen LogP contribution >= 0.6 is 0 Å². The highest BCUT2D eigenvalue weighted by atomic mass is 16.2. The Balaban J connectivity index is 1.19. The lowest BCUT2D eigenvalue weighted by Crippen LogP contribution is -2.40. The average molecular weight is 645 g/mol. The number of rotatable bonds is 9. The molecule has 246 valence electrons. The van der Waals surface area contributed by atoms with Crippen LogP contribution in [0.2, 0.25) is 0 Å². The number of nitrogens with zero attached hydrogens (tertiary/aromatic N) is 7. The molecule has 0 bridgehead atoms. The molecular formula is C36H40N10O2. The van der Waals surface area contributed by atoms with Crippen molar-refractivity contribution in [3.63, 3.8) is 0 Å². The summed E-state index contributed by atoms with van der Waals surface area (Å²) < 4.78 is 3.61. The van der Waals surface area contributed by atoms with Crippen molar-refractivity contribution in [1.29, 1.82) is 0 Å². The van der Waals surface area contributed by atoms with E-state index in [4.69, 9.17) is 5.73 Å². The van der Waals surface area contributed by atoms with Crippen LogP contribution < -0.4 is 16.4 Å². The monoisotopic (exact) mass is 644 g/mol. The van der Waals surface area contributed by atoms with Gasteiger partial charge in [-0.3, -0.25) is 19.3 Å². The molecule has 5 heterocycles. The number of nitrogens with one attached hydrogen (secondary N) is 2. The van der Waals surface area contributed by atoms with Crippen molar-refractivity contribution in [2.24, 2.45) is 13.0 Å². The first kappa shape index (κ1) is 32.2. The van der Waals surface area contributed by atoms with Crippen LogP contribution in [0.1, 0.15) is 50.8 Å². The number of anilines is 3. The Morgan fingerprint density at radius 3 is 2.44 bits per heavy atom. The molecule has 12 nitrogen and oxygen atoms in total. The molecule has 0 radical (unpaired) electrons. The van der Waals surface area contributed by atoms with E-state index in [2.05, 4.69) is 36.9 Å². The molecule has 4 N–H and O–H groups in total. The lowest BCUT2D eigenvalue weighted by atomic mass is 9.92. The van der Waals surface area contributed by atoms with Gasteiger partial charge in [-0.1, -0.05) is 26.0 Å². The van der Waals surface area contributed by atoms with Crippen LogP contribution in [-0.2, 0) is 16.6 Å². The average Bonchev–Trinajstić information content (AvgIpc) is 3.70. The lowest BCUT2D eigenvalue weighted by molar-refractivity contribution is -0.135. The van der Waals surface area contributed by atoms with Crippen molar-refractivity contribution in [1.82, 2.24) is 34.3 Å². The van der Waals surface area contributed by atoms with E-state index in [0.29, 0.717) is 24.6 Å². The zero-order valence-corrected chi connectivity index (χ0v) is 27.6. The van der Waals surface area contributed by atoms with Gasteiger partial charge < -0.3 is 21.3 Å². The highest BCUT2D eigenvalue weighted by molar-refractivity contribution is 6.01. The van der Waals surface area contributed by atoms with Crippen LogP contribution in [0.25, 0.3) is 22.2 Å². The number of likely N-dealkylation sites (tertiary alicyclic amines) is 1. The first-order valence-electron chi connectivity index (χ1n) is 16.0. The minimum Gasteiger partial charge on any atom is -0.382 e. The van der Waals surface area contributed by atoms with Gasteiger partial charge in [0.05, 0.1) is 18.1 Å². The number of pyridine rings is 1. The molecule has 48 heavy (non-hydrogen) atoms. The molecule has 1 aliphatic rings. The summed E-state index contributed by atoms with van der Waals surface area (Å²) in [6.07, 6.45) is 13.6. The number of nitrogens with two attached hydrogens (primary N) is 1. The number of nitrogen functional groups attached to an aromatic ring is 1. The zero-order valence-electron chi connectivity index (χ0n) is 27.6. The first-order valence-corrected chi connectivity index (χ1v) is 16.0. The molecule has 2 amide bonds. The fourth-order valence-electron chi connectivity index (χ4n) is 6.16. The van der Waals surface area contributed by atoms with Crippen LogP contribution in [0.15, 0.2) is 91.4 Å². The van der Waals surface area contributed by atoms with Crippen LogP contribution in [0, 0.1) is 5.92 Å². The maximum Gasteiger partial charge on any atom is 0.248 e. The number of hydrogen-bond donors (Lipinski definition) is 3. The predicted molar refractivity (Wildman–Crippen MR) is 188 cm³/mol. The summed E-state index contributed by atoms with van der Waals surface area (Å²) >= 11 is 0. The topological polar surface area (TPSA) is 148 Å². The number of amides is 2. The number of aromatic nitrogens is 6. The third-order valence-electron chi connectivity index (χ3n) is 8.61. The predicted octanol–water partition coefficient (Wildman–Crippen LogP) is 5.51. The normalized spacial score (nSPS) is 14.5. The van der Waals surface area contributed by atoms with Gasteiger partial charge in [-0.05, 0) is 61.7 Å². The molecule has 0 saturated carbocycles. The number of fused-ring (bicyclic) bond motifs is 1. The van der Waals surface area contributed by atoms with Crippen molar-refractivity contribution in [3.8, 4) is 11.1 Å². The van der Waals surface area contributed by atoms with Crippen LogP contribution in [-0.4, -0.2) is 59.2 Å². The number of allylic oxidation sites excluding steroid dienone is 3. The number of hydrogen-bond acceptors (Lipinski definition) is 8. The van der Waals surface area contributed by atoms with Crippen molar-refractivity contribution in [2.75, 3.05) is 29.5 Å². The third-order valence-corrected chi connectivity index (χ3v) is 8.61. The van der Waals surface area contributed by atoms with E-state index in [-0.39, 0.29) is 23.7 Å². The molecular weight excluding hydrogens is 604 g/mol.